The molecule has 0 fully saturated rings. The standard InChI is InChI=1S/C15H14BrClN4O2/c1-3-20-13(22)11-12(19(2)15(20)23)18-14(16)21(11)8-9-6-4-5-7-10(9)17/h4-7H,3,8H2,1-2H3. The van der Waals surface area contributed by atoms with Gasteiger partial charge >= 0.3 is 5.69 Å². The van der Waals surface area contributed by atoms with Gasteiger partial charge in [-0.05, 0) is 34.5 Å². The van der Waals surface area contributed by atoms with E-state index in [1.165, 1.54) is 9.13 Å². The van der Waals surface area contributed by atoms with Crippen molar-refractivity contribution in [1.82, 2.24) is 18.7 Å². The van der Waals surface area contributed by atoms with Crippen LogP contribution in [0.5, 0.6) is 0 Å². The minimum absolute atomic E-state index is 0.302. The van der Waals surface area contributed by atoms with Gasteiger partial charge in [0.2, 0.25) is 0 Å². The first-order chi connectivity index (χ1) is 11.0. The summed E-state index contributed by atoms with van der Waals surface area (Å²) < 4.78 is 4.78. The second kappa shape index (κ2) is 5.98. The molecular weight excluding hydrogens is 384 g/mol. The summed E-state index contributed by atoms with van der Waals surface area (Å²) in [4.78, 5) is 29.2. The molecule has 0 radical (unpaired) electrons. The minimum Gasteiger partial charge on any atom is -0.308 e. The van der Waals surface area contributed by atoms with Crippen molar-refractivity contribution in [2.24, 2.45) is 7.05 Å². The molecule has 0 aliphatic heterocycles. The highest BCUT2D eigenvalue weighted by Crippen LogP contribution is 2.22. The van der Waals surface area contributed by atoms with E-state index in [0.717, 1.165) is 5.56 Å². The van der Waals surface area contributed by atoms with Crippen LogP contribution in [0.15, 0.2) is 38.6 Å². The normalized spacial score (nSPS) is 11.3. The highest BCUT2D eigenvalue weighted by atomic mass is 79.9. The smallest absolute Gasteiger partial charge is 0.308 e. The van der Waals surface area contributed by atoms with Crippen LogP contribution in [-0.4, -0.2) is 18.7 Å². The maximum atomic E-state index is 12.7. The molecule has 0 saturated carbocycles. The van der Waals surface area contributed by atoms with Crippen LogP contribution < -0.4 is 11.2 Å². The molecule has 1 aromatic carbocycles. The van der Waals surface area contributed by atoms with Crippen LogP contribution in [0.4, 0.5) is 0 Å². The van der Waals surface area contributed by atoms with Crippen molar-refractivity contribution >= 4 is 38.7 Å². The number of benzene rings is 1. The zero-order valence-corrected chi connectivity index (χ0v) is 14.9. The van der Waals surface area contributed by atoms with Crippen LogP contribution in [0.3, 0.4) is 0 Å². The van der Waals surface area contributed by atoms with E-state index in [2.05, 4.69) is 20.9 Å². The lowest BCUT2D eigenvalue weighted by Crippen LogP contribution is -2.39. The molecule has 0 aliphatic rings. The van der Waals surface area contributed by atoms with E-state index in [0.29, 0.717) is 34.0 Å². The van der Waals surface area contributed by atoms with E-state index >= 15 is 0 Å². The van der Waals surface area contributed by atoms with Crippen molar-refractivity contribution in [2.75, 3.05) is 0 Å². The third-order valence-corrected chi connectivity index (χ3v) is 4.76. The number of aromatic nitrogens is 4. The summed E-state index contributed by atoms with van der Waals surface area (Å²) in [6, 6.07) is 7.42. The number of rotatable bonds is 3. The summed E-state index contributed by atoms with van der Waals surface area (Å²) in [5.41, 5.74) is 0.866. The van der Waals surface area contributed by atoms with Crippen LogP contribution in [-0.2, 0) is 20.1 Å². The van der Waals surface area contributed by atoms with Crippen LogP contribution in [0.2, 0.25) is 5.02 Å². The average Bonchev–Trinajstić information content (AvgIpc) is 2.85. The number of hydrogen-bond acceptors (Lipinski definition) is 3. The molecule has 0 N–H and O–H groups in total. The highest BCUT2D eigenvalue weighted by Gasteiger charge is 2.19. The molecule has 3 aromatic rings. The first kappa shape index (κ1) is 16.0. The maximum Gasteiger partial charge on any atom is 0.332 e. The molecule has 2 aromatic heterocycles. The Kier molecular flexibility index (Phi) is 4.16. The van der Waals surface area contributed by atoms with Crippen molar-refractivity contribution in [3.05, 3.63) is 60.4 Å². The van der Waals surface area contributed by atoms with E-state index in [9.17, 15) is 9.59 Å². The number of fused-ring (bicyclic) bond motifs is 1. The number of hydrogen-bond donors (Lipinski definition) is 0. The molecule has 0 saturated heterocycles. The van der Waals surface area contributed by atoms with Crippen molar-refractivity contribution in [3.63, 3.8) is 0 Å². The van der Waals surface area contributed by atoms with Gasteiger partial charge in [0.1, 0.15) is 0 Å². The molecule has 0 atom stereocenters. The molecule has 23 heavy (non-hydrogen) atoms. The van der Waals surface area contributed by atoms with Crippen molar-refractivity contribution in [1.29, 1.82) is 0 Å². The van der Waals surface area contributed by atoms with E-state index < -0.39 is 0 Å². The molecule has 0 spiro atoms. The molecule has 6 nitrogen and oxygen atoms in total. The van der Waals surface area contributed by atoms with Crippen LogP contribution >= 0.6 is 27.5 Å². The third-order valence-electron chi connectivity index (χ3n) is 3.79. The van der Waals surface area contributed by atoms with Gasteiger partial charge in [0, 0.05) is 18.6 Å². The zero-order valence-electron chi connectivity index (χ0n) is 12.6. The predicted octanol–water partition coefficient (Wildman–Crippen LogP) is 2.38. The minimum atomic E-state index is -0.375. The summed E-state index contributed by atoms with van der Waals surface area (Å²) >= 11 is 9.59. The van der Waals surface area contributed by atoms with E-state index in [1.807, 2.05) is 18.2 Å². The molecular formula is C15H14BrClN4O2. The van der Waals surface area contributed by atoms with Gasteiger partial charge in [0.25, 0.3) is 5.56 Å². The lowest BCUT2D eigenvalue weighted by molar-refractivity contribution is 0.634. The van der Waals surface area contributed by atoms with Crippen LogP contribution in [0, 0.1) is 0 Å². The Balaban J connectivity index is 2.32. The summed E-state index contributed by atoms with van der Waals surface area (Å²) in [5.74, 6) is 0. The van der Waals surface area contributed by atoms with Gasteiger partial charge in [0.15, 0.2) is 15.9 Å². The Hall–Kier alpha value is -1.86. The van der Waals surface area contributed by atoms with Crippen molar-refractivity contribution in [3.8, 4) is 0 Å². The Labute approximate surface area is 145 Å². The number of halogens is 2. The van der Waals surface area contributed by atoms with Crippen molar-refractivity contribution in [2.45, 2.75) is 20.0 Å². The summed E-state index contributed by atoms with van der Waals surface area (Å²) in [5, 5.41) is 0.613. The van der Waals surface area contributed by atoms with E-state index in [4.69, 9.17) is 11.6 Å². The Morgan fingerprint density at radius 2 is 1.91 bits per heavy atom. The lowest BCUT2D eigenvalue weighted by Gasteiger charge is -2.09. The predicted molar refractivity (Wildman–Crippen MR) is 93.2 cm³/mol. The van der Waals surface area contributed by atoms with Gasteiger partial charge in [-0.1, -0.05) is 29.8 Å². The molecule has 2 heterocycles. The van der Waals surface area contributed by atoms with Gasteiger partial charge < -0.3 is 4.57 Å². The van der Waals surface area contributed by atoms with Gasteiger partial charge in [-0.2, -0.15) is 0 Å². The zero-order chi connectivity index (χ0) is 16.7. The fourth-order valence-corrected chi connectivity index (χ4v) is 3.23. The quantitative estimate of drug-likeness (QED) is 0.638. The molecule has 0 bridgehead atoms. The number of nitrogens with zero attached hydrogens (tertiary/aromatic N) is 4. The molecule has 0 unspecified atom stereocenters. The van der Waals surface area contributed by atoms with E-state index in [1.54, 1.807) is 24.6 Å². The molecule has 0 aliphatic carbocycles. The largest absolute Gasteiger partial charge is 0.332 e. The highest BCUT2D eigenvalue weighted by molar-refractivity contribution is 9.10. The molecule has 0 amide bonds. The SMILES string of the molecule is CCn1c(=O)c2c(nc(Br)n2Cc2ccccc2Cl)n(C)c1=O. The van der Waals surface area contributed by atoms with Crippen molar-refractivity contribution < 1.29 is 0 Å². The van der Waals surface area contributed by atoms with Crippen LogP contribution in [0.1, 0.15) is 12.5 Å². The fourth-order valence-electron chi connectivity index (χ4n) is 2.57. The van der Waals surface area contributed by atoms with Gasteiger partial charge in [-0.25, -0.2) is 9.78 Å². The lowest BCUT2D eigenvalue weighted by atomic mass is 10.2. The number of imidazole rings is 1. The fraction of sp³-hybridized carbons (Fsp3) is 0.267. The topological polar surface area (TPSA) is 61.8 Å². The third kappa shape index (κ3) is 2.53. The molecule has 120 valence electrons. The van der Waals surface area contributed by atoms with Crippen LogP contribution in [0.25, 0.3) is 11.2 Å². The Morgan fingerprint density at radius 1 is 1.22 bits per heavy atom. The van der Waals surface area contributed by atoms with Gasteiger partial charge in [-0.3, -0.25) is 13.9 Å². The second-order valence-corrected chi connectivity index (χ2v) is 6.24. The van der Waals surface area contributed by atoms with E-state index in [-0.39, 0.29) is 11.2 Å². The average molecular weight is 398 g/mol. The first-order valence-electron chi connectivity index (χ1n) is 7.04. The maximum absolute atomic E-state index is 12.7. The summed E-state index contributed by atoms with van der Waals surface area (Å²) in [7, 11) is 1.61. The second-order valence-electron chi connectivity index (χ2n) is 5.12. The first-order valence-corrected chi connectivity index (χ1v) is 8.21. The Morgan fingerprint density at radius 3 is 2.57 bits per heavy atom. The summed E-state index contributed by atoms with van der Waals surface area (Å²) in [6.07, 6.45) is 0. The van der Waals surface area contributed by atoms with Gasteiger partial charge in [0.05, 0.1) is 6.54 Å². The Bertz CT molecular complexity index is 1020. The summed E-state index contributed by atoms with van der Waals surface area (Å²) in [6.45, 7) is 2.45. The molecule has 3 rings (SSSR count). The van der Waals surface area contributed by atoms with Gasteiger partial charge in [-0.15, -0.1) is 0 Å². The number of aryl methyl sites for hydroxylation is 1. The molecule has 8 heteroatoms. The monoisotopic (exact) mass is 396 g/mol.